The van der Waals surface area contributed by atoms with Gasteiger partial charge in [-0.1, -0.05) is 55.3 Å². The van der Waals surface area contributed by atoms with Crippen molar-refractivity contribution in [3.8, 4) is 11.3 Å². The summed E-state index contributed by atoms with van der Waals surface area (Å²) in [6.45, 7) is 5.99. The molecule has 0 unspecified atom stereocenters. The number of halogens is 4. The molecule has 54 heavy (non-hydrogen) atoms. The number of ketones is 1. The number of carbonyl (C=O) groups excluding carboxylic acids is 1. The molecule has 290 valence electrons. The Morgan fingerprint density at radius 2 is 1.87 bits per heavy atom. The number of fused-ring (bicyclic) bond motifs is 8. The van der Waals surface area contributed by atoms with Crippen LogP contribution in [0.5, 0.6) is 0 Å². The number of aliphatic hydroxyl groups is 2. The lowest BCUT2D eigenvalue weighted by atomic mass is 9.65. The second-order valence-corrected chi connectivity index (χ2v) is 18.4. The van der Waals surface area contributed by atoms with Gasteiger partial charge in [-0.3, -0.25) is 4.79 Å². The van der Waals surface area contributed by atoms with E-state index in [1.54, 1.807) is 23.6 Å². The second kappa shape index (κ2) is 15.7. The molecular weight excluding hydrogens is 759 g/mol. The van der Waals surface area contributed by atoms with E-state index in [0.717, 1.165) is 35.1 Å². The molecule has 4 atom stereocenters. The van der Waals surface area contributed by atoms with Crippen molar-refractivity contribution in [2.24, 2.45) is 5.41 Å². The highest BCUT2D eigenvalue weighted by Gasteiger charge is 2.58. The molecule has 0 saturated heterocycles. The topological polar surface area (TPSA) is 108 Å². The molecule has 0 radical (unpaired) electrons. The summed E-state index contributed by atoms with van der Waals surface area (Å²) in [5.41, 5.74) is -0.532. The molecule has 2 aromatic carbocycles. The minimum Gasteiger partial charge on any atom is -0.453 e. The van der Waals surface area contributed by atoms with Crippen LogP contribution in [-0.2, 0) is 22.6 Å². The summed E-state index contributed by atoms with van der Waals surface area (Å²) in [5.74, 6) is -1.01. The summed E-state index contributed by atoms with van der Waals surface area (Å²) in [6, 6.07) is 14.4. The van der Waals surface area contributed by atoms with Crippen molar-refractivity contribution in [1.29, 1.82) is 0 Å². The molecule has 3 aliphatic rings. The molecule has 13 heteroatoms. The Bertz CT molecular complexity index is 2130. The highest BCUT2D eigenvalue weighted by Crippen LogP contribution is 2.59. The zero-order valence-corrected chi connectivity index (χ0v) is 32.8. The molecule has 2 bridgehead atoms. The molecule has 7 nitrogen and oxygen atoms in total. The monoisotopic (exact) mass is 803 g/mol. The standard InChI is InChI=1S/C41H45ClF3NO6S2/c1-4-20-46(54(50,51)37-8-6-21-53-37)25-40(49)19-17-33-30-13-10-27(22-29(47)12-9-26(2)7-5-18-39(33,40)3)23-31(30)38(48)36-16-15-35(52-36)32-24-28(41(43,44)45)11-14-34(32)42/h6-8,10-11,13-16,21,23-24,29,33,47,49H,4-5,9,12,17-20,22,25H2,1-3H3/t29-,33-,39-,40+/m0/s1. The Balaban J connectivity index is 1.44. The predicted molar refractivity (Wildman–Crippen MR) is 204 cm³/mol. The van der Waals surface area contributed by atoms with Gasteiger partial charge in [-0.05, 0) is 123 Å². The van der Waals surface area contributed by atoms with E-state index in [-0.39, 0.29) is 57.8 Å². The Labute approximate surface area is 323 Å². The molecule has 7 rings (SSSR count). The van der Waals surface area contributed by atoms with Crippen LogP contribution in [0.25, 0.3) is 11.3 Å². The lowest BCUT2D eigenvalue weighted by Gasteiger charge is -2.45. The van der Waals surface area contributed by atoms with Gasteiger partial charge in [0, 0.05) is 29.6 Å². The number of aliphatic hydroxyl groups excluding tert-OH is 1. The molecule has 1 saturated carbocycles. The first-order valence-electron chi connectivity index (χ1n) is 18.2. The highest BCUT2D eigenvalue weighted by atomic mass is 35.5. The van der Waals surface area contributed by atoms with Crippen LogP contribution in [0.15, 0.2) is 86.3 Å². The number of rotatable bonds is 9. The number of hydrogen-bond donors (Lipinski definition) is 2. The van der Waals surface area contributed by atoms with Gasteiger partial charge in [0.05, 0.1) is 22.3 Å². The number of alkyl halides is 3. The molecule has 1 fully saturated rings. The summed E-state index contributed by atoms with van der Waals surface area (Å²) in [5, 5.41) is 25.5. The van der Waals surface area contributed by atoms with Crippen molar-refractivity contribution >= 4 is 38.7 Å². The zero-order chi connectivity index (χ0) is 39.1. The maximum atomic E-state index is 14.5. The maximum absolute atomic E-state index is 14.5. The first kappa shape index (κ1) is 40.4. The van der Waals surface area contributed by atoms with Crippen LogP contribution in [-0.4, -0.2) is 53.5 Å². The first-order valence-corrected chi connectivity index (χ1v) is 20.9. The van der Waals surface area contributed by atoms with Gasteiger partial charge in [0.1, 0.15) is 9.97 Å². The van der Waals surface area contributed by atoms with Gasteiger partial charge in [-0.2, -0.15) is 17.5 Å². The number of sulfonamides is 1. The summed E-state index contributed by atoms with van der Waals surface area (Å²) in [4.78, 5) is 14.5. The van der Waals surface area contributed by atoms with Gasteiger partial charge in [0.25, 0.3) is 10.0 Å². The third-order valence-electron chi connectivity index (χ3n) is 11.3. The van der Waals surface area contributed by atoms with Crippen molar-refractivity contribution in [2.45, 2.75) is 100 Å². The zero-order valence-electron chi connectivity index (χ0n) is 30.5. The summed E-state index contributed by atoms with van der Waals surface area (Å²) < 4.78 is 76.0. The van der Waals surface area contributed by atoms with Gasteiger partial charge < -0.3 is 14.6 Å². The number of benzene rings is 2. The van der Waals surface area contributed by atoms with E-state index < -0.39 is 50.6 Å². The first-order chi connectivity index (χ1) is 25.5. The molecular formula is C41H45ClF3NO6S2. The SMILES string of the molecule is CCCN(C[C@]1(O)CC[C@H]2c3ccc(cc3C(=O)c3ccc(-c4cc(C(F)(F)F)ccc4Cl)o3)C[C@@H](O)CCC(C)=CCC[C@@]21C)S(=O)(=O)c1cccs1. The van der Waals surface area contributed by atoms with E-state index in [1.807, 2.05) is 32.9 Å². The van der Waals surface area contributed by atoms with E-state index in [2.05, 4.69) is 6.08 Å². The molecule has 4 aromatic rings. The Morgan fingerprint density at radius 3 is 2.57 bits per heavy atom. The molecule has 2 heterocycles. The Hall–Kier alpha value is -3.26. The number of carbonyl (C=O) groups is 1. The minimum atomic E-state index is -4.61. The van der Waals surface area contributed by atoms with Crippen LogP contribution in [0.4, 0.5) is 13.2 Å². The third-order valence-corrected chi connectivity index (χ3v) is 14.9. The van der Waals surface area contributed by atoms with Crippen LogP contribution in [0, 0.1) is 5.41 Å². The van der Waals surface area contributed by atoms with Crippen LogP contribution in [0.1, 0.15) is 104 Å². The minimum absolute atomic E-state index is 0.00470. The van der Waals surface area contributed by atoms with E-state index in [1.165, 1.54) is 16.4 Å². The molecule has 0 aliphatic heterocycles. The summed E-state index contributed by atoms with van der Waals surface area (Å²) in [7, 11) is -3.90. The normalized spacial score (nSPS) is 24.0. The van der Waals surface area contributed by atoms with E-state index >= 15 is 0 Å². The van der Waals surface area contributed by atoms with Crippen LogP contribution in [0.2, 0.25) is 5.02 Å². The molecule has 0 spiro atoms. The van der Waals surface area contributed by atoms with Crippen LogP contribution in [0.3, 0.4) is 0 Å². The summed E-state index contributed by atoms with van der Waals surface area (Å²) >= 11 is 7.44. The fraction of sp³-hybridized carbons (Fsp3) is 0.439. The third kappa shape index (κ3) is 8.01. The van der Waals surface area contributed by atoms with Crippen molar-refractivity contribution in [2.75, 3.05) is 13.1 Å². The van der Waals surface area contributed by atoms with E-state index in [4.69, 9.17) is 16.0 Å². The second-order valence-electron chi connectivity index (χ2n) is 14.9. The lowest BCUT2D eigenvalue weighted by molar-refractivity contribution is -0.137. The maximum Gasteiger partial charge on any atom is 0.416 e. The van der Waals surface area contributed by atoms with E-state index in [0.29, 0.717) is 49.7 Å². The lowest BCUT2D eigenvalue weighted by Crippen LogP contribution is -2.53. The predicted octanol–water partition coefficient (Wildman–Crippen LogP) is 10.1. The molecule has 0 amide bonds. The largest absolute Gasteiger partial charge is 0.453 e. The van der Waals surface area contributed by atoms with Gasteiger partial charge in [-0.25, -0.2) is 8.42 Å². The number of hydrogen-bond acceptors (Lipinski definition) is 7. The molecule has 3 aliphatic carbocycles. The van der Waals surface area contributed by atoms with Crippen molar-refractivity contribution in [1.82, 2.24) is 4.31 Å². The number of thiophene rings is 1. The molecule has 2 N–H and O–H groups in total. The fourth-order valence-electron chi connectivity index (χ4n) is 8.19. The average Bonchev–Trinajstić information content (AvgIpc) is 3.88. The van der Waals surface area contributed by atoms with Gasteiger partial charge in [0.15, 0.2) is 5.76 Å². The Kier molecular flexibility index (Phi) is 11.8. The number of nitrogens with zero attached hydrogens (tertiary/aromatic N) is 1. The van der Waals surface area contributed by atoms with E-state index in [9.17, 15) is 36.6 Å². The Morgan fingerprint density at radius 1 is 1.09 bits per heavy atom. The average molecular weight is 804 g/mol. The highest BCUT2D eigenvalue weighted by molar-refractivity contribution is 7.91. The smallest absolute Gasteiger partial charge is 0.416 e. The van der Waals surface area contributed by atoms with Crippen LogP contribution >= 0.6 is 22.9 Å². The van der Waals surface area contributed by atoms with Crippen LogP contribution < -0.4 is 0 Å². The van der Waals surface area contributed by atoms with Crippen molar-refractivity contribution in [3.63, 3.8) is 0 Å². The van der Waals surface area contributed by atoms with Gasteiger partial charge in [0.2, 0.25) is 5.78 Å². The number of furan rings is 1. The van der Waals surface area contributed by atoms with Crippen molar-refractivity contribution in [3.05, 3.63) is 111 Å². The van der Waals surface area contributed by atoms with Gasteiger partial charge >= 0.3 is 6.18 Å². The van der Waals surface area contributed by atoms with Crippen molar-refractivity contribution < 1.29 is 41.0 Å². The number of allylic oxidation sites excluding steroid dienone is 2. The molecule has 2 aromatic heterocycles. The fourth-order valence-corrected chi connectivity index (χ4v) is 11.1. The van der Waals surface area contributed by atoms with Gasteiger partial charge in [-0.15, -0.1) is 11.3 Å². The summed E-state index contributed by atoms with van der Waals surface area (Å²) in [6.07, 6.45) is 0.644. The quantitative estimate of drug-likeness (QED) is 0.129.